The molecule has 12 nitrogen and oxygen atoms in total. The maximum absolute atomic E-state index is 14.4. The molecular formula is C21H18ClFN7O5S2+. The van der Waals surface area contributed by atoms with Crippen molar-refractivity contribution < 1.29 is 33.3 Å². The number of β-lactam (4-membered cyclic amide) rings is 1. The summed E-state index contributed by atoms with van der Waals surface area (Å²) in [4.78, 5) is 48.1. The fraction of sp³-hybridized carbons (Fsp3) is 0.238. The molecule has 2 aliphatic heterocycles. The Morgan fingerprint density at radius 3 is 2.92 bits per heavy atom. The number of hydrogen-bond acceptors (Lipinski definition) is 9. The lowest BCUT2D eigenvalue weighted by Crippen LogP contribution is -2.71. The summed E-state index contributed by atoms with van der Waals surface area (Å²) in [6, 6.07) is 1.85. The topological polar surface area (TPSA) is 156 Å². The number of carboxylic acids is 1. The average Bonchev–Trinajstić information content (AvgIpc) is 3.42. The molecule has 4 N–H and O–H groups in total. The summed E-state index contributed by atoms with van der Waals surface area (Å²) in [5.74, 6) is -2.92. The summed E-state index contributed by atoms with van der Waals surface area (Å²) in [6.07, 6.45) is 4.96. The number of thioether (sulfide) groups is 1. The number of nitrogens with one attached hydrogen (secondary N) is 1. The normalized spacial score (nSPS) is 19.6. The molecule has 1 saturated heterocycles. The summed E-state index contributed by atoms with van der Waals surface area (Å²) >= 11 is 8.32. The molecule has 0 unspecified atom stereocenters. The molecule has 0 aliphatic carbocycles. The molecule has 3 aromatic rings. The second-order valence-corrected chi connectivity index (χ2v) is 10.7. The molecule has 0 spiro atoms. The van der Waals surface area contributed by atoms with Gasteiger partial charge in [-0.15, -0.1) is 11.8 Å². The van der Waals surface area contributed by atoms with Crippen molar-refractivity contribution in [1.82, 2.24) is 19.6 Å². The van der Waals surface area contributed by atoms with Crippen LogP contribution in [0.5, 0.6) is 0 Å². The Kier molecular flexibility index (Phi) is 6.51. The van der Waals surface area contributed by atoms with E-state index in [2.05, 4.69) is 15.5 Å². The van der Waals surface area contributed by atoms with Gasteiger partial charge in [-0.05, 0) is 12.1 Å². The number of aromatic nitrogens is 3. The zero-order chi connectivity index (χ0) is 26.4. The molecule has 5 rings (SSSR count). The Morgan fingerprint density at radius 2 is 2.24 bits per heavy atom. The van der Waals surface area contributed by atoms with Gasteiger partial charge in [0, 0.05) is 11.3 Å². The van der Waals surface area contributed by atoms with Crippen LogP contribution in [0.25, 0.3) is 5.65 Å². The minimum atomic E-state index is -1.30. The van der Waals surface area contributed by atoms with Crippen molar-refractivity contribution in [2.24, 2.45) is 5.16 Å². The van der Waals surface area contributed by atoms with E-state index >= 15 is 0 Å². The van der Waals surface area contributed by atoms with Gasteiger partial charge >= 0.3 is 11.6 Å². The number of oxime groups is 1. The number of nitrogens with zero attached hydrogens (tertiary/aromatic N) is 5. The van der Waals surface area contributed by atoms with Crippen LogP contribution >= 0.6 is 34.7 Å². The van der Waals surface area contributed by atoms with Crippen LogP contribution in [0.1, 0.15) is 5.69 Å². The Labute approximate surface area is 221 Å². The van der Waals surface area contributed by atoms with Crippen LogP contribution in [0.15, 0.2) is 47.1 Å². The second kappa shape index (κ2) is 9.64. The number of carboxylic acid groups (broad SMARTS) is 1. The molecule has 0 saturated carbocycles. The lowest BCUT2D eigenvalue weighted by molar-refractivity contribution is -0.663. The van der Waals surface area contributed by atoms with Crippen LogP contribution in [0.3, 0.4) is 0 Å². The summed E-state index contributed by atoms with van der Waals surface area (Å²) in [7, 11) is 1.23. The monoisotopic (exact) mass is 566 g/mol. The number of carbonyl (C=O) groups is 3. The third-order valence-corrected chi connectivity index (χ3v) is 8.17. The van der Waals surface area contributed by atoms with Crippen molar-refractivity contribution in [2.75, 3.05) is 18.6 Å². The number of hydrogen-bond donors (Lipinski definition) is 3. The van der Waals surface area contributed by atoms with Gasteiger partial charge in [0.1, 0.15) is 53.2 Å². The SMILES string of the molecule is CO/N=C(\C(=O)N[C@@H]1C(=O)N2C(C(=O)O)=C(C[n+]3ccn4cccc(F)c43)CS[C@H]12)c1nc(N)sc1Cl. The second-order valence-electron chi connectivity index (χ2n) is 7.93. The number of thiazole rings is 1. The molecule has 37 heavy (non-hydrogen) atoms. The zero-order valence-corrected chi connectivity index (χ0v) is 21.3. The van der Waals surface area contributed by atoms with Crippen LogP contribution in [0, 0.1) is 5.82 Å². The van der Waals surface area contributed by atoms with E-state index in [1.54, 1.807) is 33.6 Å². The number of halogens is 2. The molecule has 0 radical (unpaired) electrons. The van der Waals surface area contributed by atoms with Crippen molar-refractivity contribution in [3.8, 4) is 0 Å². The first-order valence-corrected chi connectivity index (χ1v) is 12.8. The first-order chi connectivity index (χ1) is 17.7. The van der Waals surface area contributed by atoms with Crippen molar-refractivity contribution in [1.29, 1.82) is 0 Å². The fourth-order valence-electron chi connectivity index (χ4n) is 4.21. The third-order valence-electron chi connectivity index (χ3n) is 5.75. The highest BCUT2D eigenvalue weighted by Gasteiger charge is 2.54. The van der Waals surface area contributed by atoms with Crippen LogP contribution in [0.4, 0.5) is 9.52 Å². The molecule has 1 fully saturated rings. The zero-order valence-electron chi connectivity index (χ0n) is 18.9. The Hall–Kier alpha value is -3.69. The average molecular weight is 567 g/mol. The van der Waals surface area contributed by atoms with Gasteiger partial charge in [0.15, 0.2) is 10.8 Å². The predicted octanol–water partition coefficient (Wildman–Crippen LogP) is 0.847. The van der Waals surface area contributed by atoms with E-state index in [-0.39, 0.29) is 44.5 Å². The highest BCUT2D eigenvalue weighted by atomic mass is 35.5. The molecular weight excluding hydrogens is 549 g/mol. The lowest BCUT2D eigenvalue weighted by atomic mass is 10.0. The third kappa shape index (κ3) is 4.28. The largest absolute Gasteiger partial charge is 0.477 e. The van der Waals surface area contributed by atoms with E-state index in [4.69, 9.17) is 22.2 Å². The van der Waals surface area contributed by atoms with Gasteiger partial charge in [0.25, 0.3) is 11.8 Å². The molecule has 0 aromatic carbocycles. The predicted molar refractivity (Wildman–Crippen MR) is 132 cm³/mol. The van der Waals surface area contributed by atoms with Crippen LogP contribution in [-0.4, -0.2) is 67.2 Å². The quantitative estimate of drug-likeness (QED) is 0.164. The molecule has 2 aliphatic rings. The number of pyridine rings is 1. The first kappa shape index (κ1) is 25.0. The van der Waals surface area contributed by atoms with E-state index in [0.29, 0.717) is 5.57 Å². The minimum Gasteiger partial charge on any atom is -0.477 e. The number of anilines is 1. The van der Waals surface area contributed by atoms with Gasteiger partial charge in [-0.2, -0.15) is 4.39 Å². The highest BCUT2D eigenvalue weighted by molar-refractivity contribution is 8.00. The molecule has 16 heteroatoms. The number of imidazole rings is 1. The molecule has 3 aromatic heterocycles. The van der Waals surface area contributed by atoms with Gasteiger partial charge in [0.2, 0.25) is 5.82 Å². The van der Waals surface area contributed by atoms with Crippen molar-refractivity contribution in [3.05, 3.63) is 57.8 Å². The highest BCUT2D eigenvalue weighted by Crippen LogP contribution is 2.40. The molecule has 0 bridgehead atoms. The number of carbonyl (C=O) groups excluding carboxylic acids is 2. The summed E-state index contributed by atoms with van der Waals surface area (Å²) in [5, 5.41) is 15.6. The molecule has 192 valence electrons. The van der Waals surface area contributed by atoms with Crippen molar-refractivity contribution in [2.45, 2.75) is 18.0 Å². The number of aliphatic carboxylic acids is 1. The smallest absolute Gasteiger partial charge is 0.352 e. The standard InChI is InChI=1S/C21H17ClFN7O5S2/c1-35-27-12(11-15(22)37-21(24)26-11)16(31)25-13-18(32)30-14(20(33)34)9(8-36-19(13)30)7-29-6-5-28-4-2-3-10(23)17(28)29/h2-6,13,19H,7-8H2,1H3,(H3-,24,25,26,31,33,34)/p+1/b27-12-/t13-,19-/m1/s1. The van der Waals surface area contributed by atoms with E-state index in [1.165, 1.54) is 24.9 Å². The summed E-state index contributed by atoms with van der Waals surface area (Å²) in [6.45, 7) is 0.0635. The van der Waals surface area contributed by atoms with Crippen LogP contribution in [0.2, 0.25) is 4.34 Å². The first-order valence-electron chi connectivity index (χ1n) is 10.6. The summed E-state index contributed by atoms with van der Waals surface area (Å²) in [5.41, 5.74) is 5.88. The minimum absolute atomic E-state index is 0.000834. The van der Waals surface area contributed by atoms with Gasteiger partial charge < -0.3 is 21.0 Å². The number of fused-ring (bicyclic) bond motifs is 2. The number of nitrogen functional groups attached to an aromatic ring is 1. The van der Waals surface area contributed by atoms with Gasteiger partial charge in [-0.25, -0.2) is 18.7 Å². The van der Waals surface area contributed by atoms with E-state index in [1.807, 2.05) is 0 Å². The van der Waals surface area contributed by atoms with E-state index in [0.717, 1.165) is 16.2 Å². The molecule has 2 amide bonds. The fourth-order valence-corrected chi connectivity index (χ4v) is 6.48. The van der Waals surface area contributed by atoms with E-state index in [9.17, 15) is 23.9 Å². The van der Waals surface area contributed by atoms with E-state index < -0.39 is 35.0 Å². The van der Waals surface area contributed by atoms with Gasteiger partial charge in [0.05, 0.1) is 6.20 Å². The maximum atomic E-state index is 14.4. The lowest BCUT2D eigenvalue weighted by Gasteiger charge is -2.49. The number of nitrogens with two attached hydrogens (primary N) is 1. The van der Waals surface area contributed by atoms with Crippen LogP contribution in [-0.2, 0) is 25.8 Å². The number of rotatable bonds is 7. The van der Waals surface area contributed by atoms with Gasteiger partial charge in [-0.3, -0.25) is 14.5 Å². The van der Waals surface area contributed by atoms with Gasteiger partial charge in [-0.1, -0.05) is 28.1 Å². The van der Waals surface area contributed by atoms with Crippen molar-refractivity contribution in [3.63, 3.8) is 0 Å². The maximum Gasteiger partial charge on any atom is 0.352 e. The summed E-state index contributed by atoms with van der Waals surface area (Å²) < 4.78 is 17.7. The van der Waals surface area contributed by atoms with Crippen molar-refractivity contribution >= 4 is 69.0 Å². The molecule has 5 heterocycles. The number of amides is 2. The Balaban J connectivity index is 1.39. The Morgan fingerprint density at radius 1 is 1.46 bits per heavy atom. The Bertz CT molecular complexity index is 1520. The van der Waals surface area contributed by atoms with Crippen LogP contribution < -0.4 is 15.6 Å². The molecule has 2 atom stereocenters.